The molecule has 0 aliphatic carbocycles. The van der Waals surface area contributed by atoms with Crippen molar-refractivity contribution >= 4 is 17.4 Å². The first-order valence-electron chi connectivity index (χ1n) is 7.71. The van der Waals surface area contributed by atoms with Crippen molar-refractivity contribution in [2.24, 2.45) is 0 Å². The number of anilines is 2. The molecular weight excluding hydrogens is 284 g/mol. The van der Waals surface area contributed by atoms with Crippen LogP contribution in [-0.4, -0.2) is 56.1 Å². The molecule has 0 radical (unpaired) electrons. The van der Waals surface area contributed by atoms with Crippen LogP contribution in [0, 0.1) is 0 Å². The first kappa shape index (κ1) is 13.7. The van der Waals surface area contributed by atoms with Crippen LogP contribution < -0.4 is 10.6 Å². The molecule has 2 aliphatic rings. The predicted octanol–water partition coefficient (Wildman–Crippen LogP) is 0.217. The summed E-state index contributed by atoms with van der Waals surface area (Å²) in [5, 5.41) is 18.2. The van der Waals surface area contributed by atoms with Crippen molar-refractivity contribution in [3.63, 3.8) is 0 Å². The number of aliphatic hydroxyl groups is 1. The minimum absolute atomic E-state index is 0.361. The summed E-state index contributed by atoms with van der Waals surface area (Å²) < 4.78 is 7.59. The van der Waals surface area contributed by atoms with Gasteiger partial charge in [0.1, 0.15) is 12.1 Å². The number of fused-ring (bicyclic) bond motifs is 1. The van der Waals surface area contributed by atoms with Crippen molar-refractivity contribution in [2.75, 3.05) is 30.3 Å². The van der Waals surface area contributed by atoms with Gasteiger partial charge in [-0.1, -0.05) is 0 Å². The highest BCUT2D eigenvalue weighted by Crippen LogP contribution is 2.36. The highest BCUT2D eigenvalue weighted by atomic mass is 16.5. The lowest BCUT2D eigenvalue weighted by atomic mass is 9.82. The first-order valence-corrected chi connectivity index (χ1v) is 7.71. The average Bonchev–Trinajstić information content (AvgIpc) is 3.00. The zero-order valence-corrected chi connectivity index (χ0v) is 12.4. The van der Waals surface area contributed by atoms with Gasteiger partial charge >= 0.3 is 0 Å². The Bertz CT molecular complexity index is 679. The minimum atomic E-state index is -0.376. The van der Waals surface area contributed by atoms with E-state index >= 15 is 0 Å². The molecule has 2 saturated heterocycles. The van der Waals surface area contributed by atoms with Crippen molar-refractivity contribution in [3.8, 4) is 0 Å². The Balaban J connectivity index is 1.55. The second-order valence-corrected chi connectivity index (χ2v) is 6.09. The lowest BCUT2D eigenvalue weighted by molar-refractivity contribution is -0.164. The Kier molecular flexibility index (Phi) is 3.16. The van der Waals surface area contributed by atoms with Crippen LogP contribution >= 0.6 is 0 Å². The molecule has 0 saturated carbocycles. The van der Waals surface area contributed by atoms with Gasteiger partial charge in [0.15, 0.2) is 5.65 Å². The van der Waals surface area contributed by atoms with Gasteiger partial charge in [-0.15, -0.1) is 10.2 Å². The summed E-state index contributed by atoms with van der Waals surface area (Å²) in [5.41, 5.74) is 6.26. The Morgan fingerprint density at radius 3 is 2.95 bits per heavy atom. The van der Waals surface area contributed by atoms with Gasteiger partial charge in [-0.2, -0.15) is 4.98 Å². The van der Waals surface area contributed by atoms with E-state index in [1.807, 2.05) is 6.07 Å². The van der Waals surface area contributed by atoms with Gasteiger partial charge in [-0.05, 0) is 25.7 Å². The minimum Gasteiger partial charge on any atom is -0.390 e. The second kappa shape index (κ2) is 5.06. The summed E-state index contributed by atoms with van der Waals surface area (Å²) >= 11 is 0. The molecule has 4 rings (SSSR count). The number of ether oxygens (including phenoxy) is 1. The number of piperidine rings is 1. The molecule has 0 amide bonds. The van der Waals surface area contributed by atoms with Gasteiger partial charge in [0.2, 0.25) is 5.95 Å². The number of hydrogen-bond acceptors (Lipinski definition) is 7. The van der Waals surface area contributed by atoms with Crippen molar-refractivity contribution in [1.29, 1.82) is 0 Å². The van der Waals surface area contributed by atoms with Gasteiger partial charge in [0.25, 0.3) is 0 Å². The van der Waals surface area contributed by atoms with Crippen LogP contribution in [0.3, 0.4) is 0 Å². The van der Waals surface area contributed by atoms with Crippen LogP contribution in [0.4, 0.5) is 11.8 Å². The van der Waals surface area contributed by atoms with Crippen molar-refractivity contribution < 1.29 is 9.84 Å². The summed E-state index contributed by atoms with van der Waals surface area (Å²) in [6.07, 6.45) is 4.56. The van der Waals surface area contributed by atoms with Gasteiger partial charge < -0.3 is 20.5 Å². The standard InChI is InChI=1S/C14H20N6O2/c15-13-17-11(8-12-18-16-9-20(12)13)19-5-3-14(4-6-19)10(21)2-1-7-22-14/h8-10,21H,1-7H2,(H2,15,17)/t10-/m0/s1. The Labute approximate surface area is 127 Å². The third-order valence-corrected chi connectivity index (χ3v) is 4.86. The fourth-order valence-corrected chi connectivity index (χ4v) is 3.50. The van der Waals surface area contributed by atoms with E-state index in [1.54, 1.807) is 10.7 Å². The van der Waals surface area contributed by atoms with Crippen LogP contribution in [0.5, 0.6) is 0 Å². The fourth-order valence-electron chi connectivity index (χ4n) is 3.50. The molecule has 8 heteroatoms. The highest BCUT2D eigenvalue weighted by molar-refractivity contribution is 5.55. The van der Waals surface area contributed by atoms with Gasteiger partial charge in [-0.25, -0.2) is 0 Å². The summed E-state index contributed by atoms with van der Waals surface area (Å²) in [4.78, 5) is 6.60. The van der Waals surface area contributed by atoms with Crippen LogP contribution in [0.2, 0.25) is 0 Å². The van der Waals surface area contributed by atoms with E-state index < -0.39 is 0 Å². The summed E-state index contributed by atoms with van der Waals surface area (Å²) in [5.74, 6) is 1.19. The zero-order valence-electron chi connectivity index (χ0n) is 12.4. The molecule has 22 heavy (non-hydrogen) atoms. The summed E-state index contributed by atoms with van der Waals surface area (Å²) in [6, 6.07) is 1.89. The van der Waals surface area contributed by atoms with Gasteiger partial charge in [0, 0.05) is 25.8 Å². The van der Waals surface area contributed by atoms with Crippen molar-refractivity contribution in [3.05, 3.63) is 12.4 Å². The number of hydrogen-bond donors (Lipinski definition) is 2. The van der Waals surface area contributed by atoms with E-state index in [0.717, 1.165) is 51.2 Å². The monoisotopic (exact) mass is 304 g/mol. The maximum absolute atomic E-state index is 10.3. The topological polar surface area (TPSA) is 102 Å². The molecule has 2 aliphatic heterocycles. The first-order chi connectivity index (χ1) is 10.7. The SMILES string of the molecule is Nc1nc(N2CCC3(CC2)OCCC[C@@H]3O)cc2nncn12. The second-order valence-electron chi connectivity index (χ2n) is 6.09. The Hall–Kier alpha value is -1.93. The van der Waals surface area contributed by atoms with Crippen LogP contribution in [0.1, 0.15) is 25.7 Å². The lowest BCUT2D eigenvalue weighted by Gasteiger charge is -2.47. The number of nitrogens with zero attached hydrogens (tertiary/aromatic N) is 5. The molecule has 8 nitrogen and oxygen atoms in total. The van der Waals surface area contributed by atoms with Crippen molar-refractivity contribution in [1.82, 2.24) is 19.6 Å². The zero-order chi connectivity index (χ0) is 15.2. The molecule has 1 spiro atoms. The lowest BCUT2D eigenvalue weighted by Crippen LogP contribution is -2.55. The molecule has 0 aromatic carbocycles. The molecule has 3 N–H and O–H groups in total. The van der Waals surface area contributed by atoms with Gasteiger partial charge in [0.05, 0.1) is 11.7 Å². The van der Waals surface area contributed by atoms with E-state index in [0.29, 0.717) is 11.6 Å². The van der Waals surface area contributed by atoms with E-state index in [4.69, 9.17) is 10.5 Å². The van der Waals surface area contributed by atoms with Gasteiger partial charge in [-0.3, -0.25) is 4.40 Å². The molecule has 4 heterocycles. The highest BCUT2D eigenvalue weighted by Gasteiger charge is 2.43. The largest absolute Gasteiger partial charge is 0.390 e. The normalized spacial score (nSPS) is 25.0. The van der Waals surface area contributed by atoms with Crippen LogP contribution in [0.15, 0.2) is 12.4 Å². The van der Waals surface area contributed by atoms with Crippen LogP contribution in [-0.2, 0) is 4.74 Å². The molecule has 0 bridgehead atoms. The number of nitrogen functional groups attached to an aromatic ring is 1. The average molecular weight is 304 g/mol. The third kappa shape index (κ3) is 2.10. The predicted molar refractivity (Wildman–Crippen MR) is 80.6 cm³/mol. The molecule has 1 atom stereocenters. The van der Waals surface area contributed by atoms with Crippen LogP contribution in [0.25, 0.3) is 5.65 Å². The molecule has 118 valence electrons. The van der Waals surface area contributed by atoms with Crippen molar-refractivity contribution in [2.45, 2.75) is 37.4 Å². The third-order valence-electron chi connectivity index (χ3n) is 4.86. The van der Waals surface area contributed by atoms with E-state index in [-0.39, 0.29) is 11.7 Å². The number of aromatic nitrogens is 4. The maximum atomic E-state index is 10.3. The van der Waals surface area contributed by atoms with E-state index in [2.05, 4.69) is 20.1 Å². The molecule has 2 aromatic heterocycles. The molecule has 2 aromatic rings. The molecule has 2 fully saturated rings. The van der Waals surface area contributed by atoms with E-state index in [9.17, 15) is 5.11 Å². The molecule has 0 unspecified atom stereocenters. The maximum Gasteiger partial charge on any atom is 0.209 e. The number of nitrogens with two attached hydrogens (primary N) is 1. The fraction of sp³-hybridized carbons (Fsp3) is 0.643. The summed E-state index contributed by atoms with van der Waals surface area (Å²) in [7, 11) is 0. The smallest absolute Gasteiger partial charge is 0.209 e. The number of aliphatic hydroxyl groups excluding tert-OH is 1. The Morgan fingerprint density at radius 1 is 1.36 bits per heavy atom. The molecular formula is C14H20N6O2. The number of rotatable bonds is 1. The van der Waals surface area contributed by atoms with E-state index in [1.165, 1.54) is 0 Å². The quantitative estimate of drug-likeness (QED) is 0.777. The Morgan fingerprint density at radius 2 is 2.18 bits per heavy atom. The summed E-state index contributed by atoms with van der Waals surface area (Å²) in [6.45, 7) is 2.32.